The molecule has 5 nitrogen and oxygen atoms in total. The molecule has 5 heteroatoms. The minimum atomic E-state index is -0.970. The van der Waals surface area contributed by atoms with Gasteiger partial charge in [0.05, 0.1) is 5.69 Å². The number of hydrogen-bond acceptors (Lipinski definition) is 4. The van der Waals surface area contributed by atoms with Gasteiger partial charge in [-0.15, -0.1) is 0 Å². The molecule has 1 aliphatic rings. The van der Waals surface area contributed by atoms with Crippen LogP contribution in [0.15, 0.2) is 0 Å². The molecule has 14 heavy (non-hydrogen) atoms. The summed E-state index contributed by atoms with van der Waals surface area (Å²) in [6.07, 6.45) is 0. The number of aromatic carboxylic acids is 1. The van der Waals surface area contributed by atoms with Crippen LogP contribution < -0.4 is 0 Å². The topological polar surface area (TPSA) is 66.3 Å². The zero-order valence-electron chi connectivity index (χ0n) is 8.11. The van der Waals surface area contributed by atoms with E-state index >= 15 is 0 Å². The van der Waals surface area contributed by atoms with Gasteiger partial charge in [-0.25, -0.2) is 14.8 Å². The lowest BCUT2D eigenvalue weighted by molar-refractivity contribution is 0.0688. The second kappa shape index (κ2) is 3.02. The van der Waals surface area contributed by atoms with E-state index < -0.39 is 5.97 Å². The van der Waals surface area contributed by atoms with Gasteiger partial charge in [0.2, 0.25) is 0 Å². The Morgan fingerprint density at radius 2 is 2.14 bits per heavy atom. The Bertz CT molecular complexity index is 403. The van der Waals surface area contributed by atoms with Gasteiger partial charge in [0, 0.05) is 18.7 Å². The maximum atomic E-state index is 10.9. The number of carboxylic acid groups (broad SMARTS) is 1. The fourth-order valence-electron chi connectivity index (χ4n) is 1.71. The van der Waals surface area contributed by atoms with Gasteiger partial charge in [-0.1, -0.05) is 0 Å². The van der Waals surface area contributed by atoms with Crippen molar-refractivity contribution in [1.82, 2.24) is 14.9 Å². The predicted molar refractivity (Wildman–Crippen MR) is 48.9 cm³/mol. The highest BCUT2D eigenvalue weighted by molar-refractivity contribution is 5.87. The zero-order chi connectivity index (χ0) is 10.3. The lowest BCUT2D eigenvalue weighted by atomic mass is 10.2. The highest BCUT2D eigenvalue weighted by atomic mass is 16.4. The summed E-state index contributed by atoms with van der Waals surface area (Å²) in [5.41, 5.74) is 1.75. The fourth-order valence-corrected chi connectivity index (χ4v) is 1.71. The van der Waals surface area contributed by atoms with E-state index in [1.807, 2.05) is 11.9 Å². The Balaban J connectivity index is 2.57. The molecule has 74 valence electrons. The Labute approximate surface area is 81.4 Å². The second-order valence-corrected chi connectivity index (χ2v) is 3.52. The lowest BCUT2D eigenvalue weighted by Crippen LogP contribution is -2.10. The number of carboxylic acids is 1. The molecule has 2 rings (SSSR count). The molecule has 0 aromatic carbocycles. The molecule has 1 aromatic heterocycles. The van der Waals surface area contributed by atoms with Crippen molar-refractivity contribution in [3.8, 4) is 0 Å². The number of aromatic nitrogens is 2. The van der Waals surface area contributed by atoms with Gasteiger partial charge in [0.25, 0.3) is 0 Å². The molecule has 0 spiro atoms. The number of aryl methyl sites for hydroxylation is 1. The number of hydrogen-bond donors (Lipinski definition) is 1. The van der Waals surface area contributed by atoms with Crippen LogP contribution >= 0.6 is 0 Å². The first-order valence-corrected chi connectivity index (χ1v) is 4.36. The molecule has 0 unspecified atom stereocenters. The van der Waals surface area contributed by atoms with Gasteiger partial charge in [0.1, 0.15) is 5.82 Å². The summed E-state index contributed by atoms with van der Waals surface area (Å²) in [5, 5.41) is 8.95. The van der Waals surface area contributed by atoms with Crippen LogP contribution in [-0.2, 0) is 13.1 Å². The molecule has 0 radical (unpaired) electrons. The lowest BCUT2D eigenvalue weighted by Gasteiger charge is -2.03. The second-order valence-electron chi connectivity index (χ2n) is 3.52. The Hall–Kier alpha value is -1.49. The molecule has 1 aliphatic heterocycles. The highest BCUT2D eigenvalue weighted by Crippen LogP contribution is 2.22. The predicted octanol–water partition coefficient (Wildman–Crippen LogP) is 0.429. The van der Waals surface area contributed by atoms with Crippen molar-refractivity contribution in [2.75, 3.05) is 7.05 Å². The van der Waals surface area contributed by atoms with E-state index in [0.29, 0.717) is 18.9 Å². The molecular formula is C9H11N3O2. The first-order valence-electron chi connectivity index (χ1n) is 4.36. The van der Waals surface area contributed by atoms with Crippen LogP contribution in [0.5, 0.6) is 0 Å². The molecule has 1 N–H and O–H groups in total. The Morgan fingerprint density at radius 1 is 1.43 bits per heavy atom. The van der Waals surface area contributed by atoms with E-state index in [2.05, 4.69) is 9.97 Å². The molecule has 0 aliphatic carbocycles. The van der Waals surface area contributed by atoms with Crippen LogP contribution in [-0.4, -0.2) is 33.0 Å². The summed E-state index contributed by atoms with van der Waals surface area (Å²) in [6, 6.07) is 0. The average molecular weight is 193 g/mol. The third kappa shape index (κ3) is 1.35. The van der Waals surface area contributed by atoms with Gasteiger partial charge in [-0.05, 0) is 14.0 Å². The average Bonchev–Trinajstić information content (AvgIpc) is 2.42. The van der Waals surface area contributed by atoms with Gasteiger partial charge in [-0.2, -0.15) is 0 Å². The van der Waals surface area contributed by atoms with Crippen LogP contribution in [0.3, 0.4) is 0 Å². The quantitative estimate of drug-likeness (QED) is 0.700. The van der Waals surface area contributed by atoms with Crippen molar-refractivity contribution in [2.24, 2.45) is 0 Å². The SMILES string of the molecule is Cc1nc2c(c(C(=O)O)n1)CN(C)C2. The smallest absolute Gasteiger partial charge is 0.354 e. The number of rotatable bonds is 1. The van der Waals surface area contributed by atoms with E-state index in [1.165, 1.54) is 0 Å². The molecule has 0 amide bonds. The van der Waals surface area contributed by atoms with Gasteiger partial charge >= 0.3 is 5.97 Å². The summed E-state index contributed by atoms with van der Waals surface area (Å²) in [4.78, 5) is 21.1. The minimum Gasteiger partial charge on any atom is -0.476 e. The monoisotopic (exact) mass is 193 g/mol. The van der Waals surface area contributed by atoms with E-state index in [0.717, 1.165) is 11.3 Å². The summed E-state index contributed by atoms with van der Waals surface area (Å²) in [6.45, 7) is 3.04. The molecule has 2 heterocycles. The van der Waals surface area contributed by atoms with Gasteiger partial charge < -0.3 is 5.11 Å². The first kappa shape index (κ1) is 9.08. The molecule has 0 saturated heterocycles. The molecule has 1 aromatic rings. The van der Waals surface area contributed by atoms with E-state index in [9.17, 15) is 4.79 Å². The fraction of sp³-hybridized carbons (Fsp3) is 0.444. The van der Waals surface area contributed by atoms with E-state index in [1.54, 1.807) is 6.92 Å². The maximum Gasteiger partial charge on any atom is 0.354 e. The van der Waals surface area contributed by atoms with Crippen LogP contribution in [0.2, 0.25) is 0 Å². The van der Waals surface area contributed by atoms with Crippen molar-refractivity contribution in [3.05, 3.63) is 22.8 Å². The van der Waals surface area contributed by atoms with E-state index in [-0.39, 0.29) is 5.69 Å². The number of carbonyl (C=O) groups is 1. The largest absolute Gasteiger partial charge is 0.476 e. The number of nitrogens with zero attached hydrogens (tertiary/aromatic N) is 3. The zero-order valence-corrected chi connectivity index (χ0v) is 8.11. The highest BCUT2D eigenvalue weighted by Gasteiger charge is 2.24. The minimum absolute atomic E-state index is 0.150. The van der Waals surface area contributed by atoms with Crippen molar-refractivity contribution < 1.29 is 9.90 Å². The maximum absolute atomic E-state index is 10.9. The number of fused-ring (bicyclic) bond motifs is 1. The van der Waals surface area contributed by atoms with Crippen molar-refractivity contribution in [2.45, 2.75) is 20.0 Å². The molecule has 0 saturated carbocycles. The Morgan fingerprint density at radius 3 is 2.79 bits per heavy atom. The summed E-state index contributed by atoms with van der Waals surface area (Å²) in [7, 11) is 1.93. The van der Waals surface area contributed by atoms with E-state index in [4.69, 9.17) is 5.11 Å². The standard InChI is InChI=1S/C9H11N3O2/c1-5-10-7-4-12(2)3-6(7)8(11-5)9(13)14/h3-4H2,1-2H3,(H,13,14). The van der Waals surface area contributed by atoms with Gasteiger partial charge in [0.15, 0.2) is 5.69 Å². The summed E-state index contributed by atoms with van der Waals surface area (Å²) < 4.78 is 0. The molecular weight excluding hydrogens is 182 g/mol. The molecule has 0 bridgehead atoms. The summed E-state index contributed by atoms with van der Waals surface area (Å²) in [5.74, 6) is -0.446. The van der Waals surface area contributed by atoms with Crippen molar-refractivity contribution in [1.29, 1.82) is 0 Å². The first-order chi connectivity index (χ1) is 6.58. The van der Waals surface area contributed by atoms with Crippen LogP contribution in [0.4, 0.5) is 0 Å². The van der Waals surface area contributed by atoms with Gasteiger partial charge in [-0.3, -0.25) is 4.90 Å². The summed E-state index contributed by atoms with van der Waals surface area (Å²) >= 11 is 0. The van der Waals surface area contributed by atoms with Crippen LogP contribution in [0, 0.1) is 6.92 Å². The van der Waals surface area contributed by atoms with Crippen molar-refractivity contribution in [3.63, 3.8) is 0 Å². The molecule has 0 fully saturated rings. The van der Waals surface area contributed by atoms with Crippen LogP contribution in [0.1, 0.15) is 27.6 Å². The third-order valence-electron chi connectivity index (χ3n) is 2.25. The normalized spacial score (nSPS) is 15.6. The Kier molecular flexibility index (Phi) is 1.96. The molecule has 0 atom stereocenters. The van der Waals surface area contributed by atoms with Crippen molar-refractivity contribution >= 4 is 5.97 Å². The van der Waals surface area contributed by atoms with Crippen LogP contribution in [0.25, 0.3) is 0 Å². The third-order valence-corrected chi connectivity index (χ3v) is 2.25.